The Hall–Kier alpha value is -3.35. The van der Waals surface area contributed by atoms with Crippen LogP contribution in [0.2, 0.25) is 0 Å². The van der Waals surface area contributed by atoms with Gasteiger partial charge in [-0.05, 0) is 35.1 Å². The molecule has 2 atom stereocenters. The molecule has 1 aliphatic carbocycles. The number of rotatable bonds is 10. The van der Waals surface area contributed by atoms with Crippen LogP contribution in [0.3, 0.4) is 0 Å². The molecule has 0 saturated carbocycles. The quantitative estimate of drug-likeness (QED) is 0.519. The molecule has 2 aromatic carbocycles. The lowest BCUT2D eigenvalue weighted by molar-refractivity contribution is -0.142. The molecule has 0 bridgehead atoms. The smallest absolute Gasteiger partial charge is 0.407 e. The fourth-order valence-electron chi connectivity index (χ4n) is 4.13. The van der Waals surface area contributed by atoms with Crippen LogP contribution in [-0.4, -0.2) is 41.8 Å². The largest absolute Gasteiger partial charge is 0.480 e. The van der Waals surface area contributed by atoms with E-state index in [0.717, 1.165) is 22.3 Å². The molecule has 0 fully saturated rings. The molecule has 3 N–H and O–H groups in total. The van der Waals surface area contributed by atoms with Gasteiger partial charge in [-0.15, -0.1) is 0 Å². The predicted octanol–water partition coefficient (Wildman–Crippen LogP) is 4.06. The van der Waals surface area contributed by atoms with Crippen molar-refractivity contribution in [3.63, 3.8) is 0 Å². The highest BCUT2D eigenvalue weighted by atomic mass is 16.5. The molecule has 32 heavy (non-hydrogen) atoms. The second kappa shape index (κ2) is 10.8. The molecule has 170 valence electrons. The van der Waals surface area contributed by atoms with E-state index >= 15 is 0 Å². The Kier molecular flexibility index (Phi) is 7.87. The van der Waals surface area contributed by atoms with Gasteiger partial charge in [0.1, 0.15) is 12.6 Å². The van der Waals surface area contributed by atoms with Crippen LogP contribution in [0.25, 0.3) is 11.1 Å². The average Bonchev–Trinajstić information content (AvgIpc) is 3.10. The number of amides is 2. The molecular formula is C25H30N2O5. The van der Waals surface area contributed by atoms with E-state index < -0.39 is 30.1 Å². The van der Waals surface area contributed by atoms with E-state index in [1.807, 2.05) is 38.1 Å². The molecule has 0 radical (unpaired) electrons. The lowest BCUT2D eigenvalue weighted by Gasteiger charge is -2.20. The van der Waals surface area contributed by atoms with Crippen molar-refractivity contribution in [3.8, 4) is 11.1 Å². The SMILES string of the molecule is CCCC(NC(=O)C[C@H](CC)NC(=O)OCC1c2ccccc2-c2ccccc21)C(=O)O. The normalized spacial score (nSPS) is 14.1. The van der Waals surface area contributed by atoms with E-state index in [2.05, 4.69) is 34.9 Å². The van der Waals surface area contributed by atoms with Crippen molar-refractivity contribution >= 4 is 18.0 Å². The maximum Gasteiger partial charge on any atom is 0.407 e. The Morgan fingerprint density at radius 3 is 2.09 bits per heavy atom. The summed E-state index contributed by atoms with van der Waals surface area (Å²) in [5, 5.41) is 14.5. The molecule has 0 aliphatic heterocycles. The van der Waals surface area contributed by atoms with Gasteiger partial charge in [-0.3, -0.25) is 4.79 Å². The molecule has 1 aliphatic rings. The van der Waals surface area contributed by atoms with E-state index in [1.54, 1.807) is 0 Å². The fourth-order valence-corrected chi connectivity index (χ4v) is 4.13. The third kappa shape index (κ3) is 5.46. The number of carbonyl (C=O) groups is 3. The summed E-state index contributed by atoms with van der Waals surface area (Å²) in [6.07, 6.45) is 0.927. The van der Waals surface area contributed by atoms with Crippen LogP contribution in [-0.2, 0) is 14.3 Å². The first-order valence-corrected chi connectivity index (χ1v) is 11.1. The van der Waals surface area contributed by atoms with Crippen LogP contribution in [0.5, 0.6) is 0 Å². The molecule has 0 aromatic heterocycles. The highest BCUT2D eigenvalue weighted by molar-refractivity contribution is 5.84. The molecule has 0 heterocycles. The van der Waals surface area contributed by atoms with Crippen LogP contribution in [0, 0.1) is 0 Å². The Balaban J connectivity index is 1.56. The first kappa shape index (κ1) is 23.3. The lowest BCUT2D eigenvalue weighted by Crippen LogP contribution is -2.44. The minimum Gasteiger partial charge on any atom is -0.480 e. The van der Waals surface area contributed by atoms with E-state index in [4.69, 9.17) is 4.74 Å². The zero-order valence-corrected chi connectivity index (χ0v) is 18.5. The summed E-state index contributed by atoms with van der Waals surface area (Å²) < 4.78 is 5.54. The topological polar surface area (TPSA) is 105 Å². The minimum absolute atomic E-state index is 0.00576. The number of ether oxygens (including phenoxy) is 1. The van der Waals surface area contributed by atoms with Crippen LogP contribution in [0.15, 0.2) is 48.5 Å². The maximum absolute atomic E-state index is 12.4. The minimum atomic E-state index is -1.06. The van der Waals surface area contributed by atoms with Gasteiger partial charge in [0.05, 0.1) is 0 Å². The van der Waals surface area contributed by atoms with E-state index in [1.165, 1.54) is 0 Å². The molecular weight excluding hydrogens is 408 g/mol. The first-order valence-electron chi connectivity index (χ1n) is 11.1. The molecule has 7 nitrogen and oxygen atoms in total. The maximum atomic E-state index is 12.4. The van der Waals surface area contributed by atoms with E-state index in [-0.39, 0.29) is 18.9 Å². The molecule has 2 aromatic rings. The number of carbonyl (C=O) groups excluding carboxylic acids is 2. The highest BCUT2D eigenvalue weighted by Gasteiger charge is 2.29. The highest BCUT2D eigenvalue weighted by Crippen LogP contribution is 2.44. The van der Waals surface area contributed by atoms with Gasteiger partial charge in [-0.2, -0.15) is 0 Å². The summed E-state index contributed by atoms with van der Waals surface area (Å²) in [6.45, 7) is 3.90. The van der Waals surface area contributed by atoms with Crippen molar-refractivity contribution in [2.45, 2.75) is 57.5 Å². The third-order valence-corrected chi connectivity index (χ3v) is 5.80. The predicted molar refractivity (Wildman–Crippen MR) is 121 cm³/mol. The molecule has 3 rings (SSSR count). The van der Waals surface area contributed by atoms with Gasteiger partial charge in [0.15, 0.2) is 0 Å². The summed E-state index contributed by atoms with van der Waals surface area (Å²) in [5.74, 6) is -1.50. The van der Waals surface area contributed by atoms with Gasteiger partial charge in [0.2, 0.25) is 5.91 Å². The molecule has 2 amide bonds. The zero-order chi connectivity index (χ0) is 23.1. The lowest BCUT2D eigenvalue weighted by atomic mass is 9.98. The fraction of sp³-hybridized carbons (Fsp3) is 0.400. The van der Waals surface area contributed by atoms with Gasteiger partial charge < -0.3 is 20.5 Å². The van der Waals surface area contributed by atoms with Crippen LogP contribution in [0.4, 0.5) is 4.79 Å². The number of carboxylic acid groups (broad SMARTS) is 1. The third-order valence-electron chi connectivity index (χ3n) is 5.80. The number of fused-ring (bicyclic) bond motifs is 3. The number of benzene rings is 2. The van der Waals surface area contributed by atoms with Gasteiger partial charge in [0, 0.05) is 18.4 Å². The van der Waals surface area contributed by atoms with Crippen LogP contribution < -0.4 is 10.6 Å². The van der Waals surface area contributed by atoms with Crippen molar-refractivity contribution in [1.29, 1.82) is 0 Å². The van der Waals surface area contributed by atoms with E-state index in [9.17, 15) is 19.5 Å². The van der Waals surface area contributed by atoms with Crippen LogP contribution in [0.1, 0.15) is 56.6 Å². The van der Waals surface area contributed by atoms with Gasteiger partial charge in [-0.25, -0.2) is 9.59 Å². The second-order valence-electron chi connectivity index (χ2n) is 8.03. The summed E-state index contributed by atoms with van der Waals surface area (Å²) in [7, 11) is 0. The Bertz CT molecular complexity index is 929. The monoisotopic (exact) mass is 438 g/mol. The van der Waals surface area contributed by atoms with Crippen LogP contribution >= 0.6 is 0 Å². The van der Waals surface area contributed by atoms with Gasteiger partial charge in [0.25, 0.3) is 0 Å². The summed E-state index contributed by atoms with van der Waals surface area (Å²) in [6, 6.07) is 14.8. The van der Waals surface area contributed by atoms with Gasteiger partial charge in [-0.1, -0.05) is 68.8 Å². The van der Waals surface area contributed by atoms with Crippen molar-refractivity contribution in [3.05, 3.63) is 59.7 Å². The molecule has 7 heteroatoms. The zero-order valence-electron chi connectivity index (χ0n) is 18.5. The number of nitrogens with one attached hydrogen (secondary N) is 2. The first-order chi connectivity index (χ1) is 15.4. The summed E-state index contributed by atoms with van der Waals surface area (Å²) >= 11 is 0. The second-order valence-corrected chi connectivity index (χ2v) is 8.03. The molecule has 0 spiro atoms. The van der Waals surface area contributed by atoms with Crippen molar-refractivity contribution in [1.82, 2.24) is 10.6 Å². The number of alkyl carbamates (subject to hydrolysis) is 1. The Morgan fingerprint density at radius 2 is 1.56 bits per heavy atom. The number of hydrogen-bond acceptors (Lipinski definition) is 4. The summed E-state index contributed by atoms with van der Waals surface area (Å²) in [4.78, 5) is 35.9. The number of aliphatic carboxylic acids is 1. The summed E-state index contributed by atoms with van der Waals surface area (Å²) in [5.41, 5.74) is 4.56. The van der Waals surface area contributed by atoms with E-state index in [0.29, 0.717) is 19.3 Å². The van der Waals surface area contributed by atoms with Crippen molar-refractivity contribution < 1.29 is 24.2 Å². The Morgan fingerprint density at radius 1 is 0.969 bits per heavy atom. The standard InChI is InChI=1S/C25H30N2O5/c1-3-9-22(24(29)30)27-23(28)14-16(4-2)26-25(31)32-15-21-19-12-7-5-10-17(19)18-11-6-8-13-20(18)21/h5-8,10-13,16,21-22H,3-4,9,14-15H2,1-2H3,(H,26,31)(H,27,28)(H,29,30)/t16-,22?/m0/s1. The van der Waals surface area contributed by atoms with Gasteiger partial charge >= 0.3 is 12.1 Å². The van der Waals surface area contributed by atoms with Crippen molar-refractivity contribution in [2.24, 2.45) is 0 Å². The number of carboxylic acids is 1. The number of hydrogen-bond donors (Lipinski definition) is 3. The van der Waals surface area contributed by atoms with Crippen molar-refractivity contribution in [2.75, 3.05) is 6.61 Å². The molecule has 1 unspecified atom stereocenters. The molecule has 0 saturated heterocycles. The average molecular weight is 439 g/mol. The Labute approximate surface area is 188 Å².